The molecule has 0 saturated carbocycles. The molecule has 1 unspecified atom stereocenters. The first-order valence-corrected chi connectivity index (χ1v) is 26.9. The lowest BCUT2D eigenvalue weighted by Gasteiger charge is -2.26. The molecule has 348 valence electrons. The SMILES string of the molecule is CCCCCCCCCCCCCCCCCCCCCCC(=O)N[C@@H](COP(=O)(O)OCC[N+](C)(C)C)[C@H](O)CCCCCCCCCCCCCCCCCC. The molecule has 0 radical (unpaired) electrons. The third-order valence-corrected chi connectivity index (χ3v) is 12.8. The average Bonchev–Trinajstić information content (AvgIpc) is 3.17. The molecule has 0 spiro atoms. The highest BCUT2D eigenvalue weighted by atomic mass is 31.2. The Morgan fingerprint density at radius 2 is 0.828 bits per heavy atom. The van der Waals surface area contributed by atoms with Gasteiger partial charge in [0, 0.05) is 6.42 Å². The summed E-state index contributed by atoms with van der Waals surface area (Å²) in [5.41, 5.74) is 0. The highest BCUT2D eigenvalue weighted by molar-refractivity contribution is 7.47. The van der Waals surface area contributed by atoms with Crippen molar-refractivity contribution < 1.29 is 32.9 Å². The monoisotopic (exact) mass is 846 g/mol. The number of hydrogen-bond acceptors (Lipinski definition) is 5. The zero-order valence-electron chi connectivity index (χ0n) is 39.6. The fraction of sp³-hybridized carbons (Fsp3) is 0.980. The number of likely N-dealkylation sites (N-methyl/N-ethyl adjacent to an activating group) is 1. The average molecular weight is 846 g/mol. The van der Waals surface area contributed by atoms with Crippen LogP contribution in [0.15, 0.2) is 0 Å². The van der Waals surface area contributed by atoms with Crippen molar-refractivity contribution in [2.45, 2.75) is 270 Å². The fourth-order valence-electron chi connectivity index (χ4n) is 7.81. The summed E-state index contributed by atoms with van der Waals surface area (Å²) < 4.78 is 23.7. The standard InChI is InChI=1S/C49H101N2O6P/c1-6-8-10-12-14-16-18-20-22-24-25-26-27-29-31-33-35-37-39-41-43-49(53)50-47(46-57-58(54,55)56-45-44-51(3,4)5)48(52)42-40-38-36-34-32-30-28-23-21-19-17-15-13-11-9-7-2/h47-48,52H,6-46H2,1-5H3,(H-,50,53,54,55)/p+1/t47-,48+/m0/s1. The second kappa shape index (κ2) is 41.8. The van der Waals surface area contributed by atoms with E-state index in [0.717, 1.165) is 38.5 Å². The van der Waals surface area contributed by atoms with Gasteiger partial charge in [-0.3, -0.25) is 13.8 Å². The molecule has 0 rings (SSSR count). The number of rotatable bonds is 47. The van der Waals surface area contributed by atoms with Gasteiger partial charge in [0.15, 0.2) is 0 Å². The predicted octanol–water partition coefficient (Wildman–Crippen LogP) is 14.5. The van der Waals surface area contributed by atoms with E-state index in [1.807, 2.05) is 21.1 Å². The van der Waals surface area contributed by atoms with Gasteiger partial charge in [0.05, 0.1) is 39.9 Å². The van der Waals surface area contributed by atoms with Crippen LogP contribution >= 0.6 is 7.82 Å². The normalized spacial score (nSPS) is 14.1. The summed E-state index contributed by atoms with van der Waals surface area (Å²) in [5, 5.41) is 14.0. The Morgan fingerprint density at radius 1 is 0.517 bits per heavy atom. The van der Waals surface area contributed by atoms with Crippen LogP contribution in [0, 0.1) is 0 Å². The molecule has 0 aliphatic carbocycles. The minimum absolute atomic E-state index is 0.0789. The number of unbranched alkanes of at least 4 members (excludes halogenated alkanes) is 34. The van der Waals surface area contributed by atoms with Crippen LogP contribution in [0.4, 0.5) is 0 Å². The number of carbonyl (C=O) groups is 1. The zero-order valence-corrected chi connectivity index (χ0v) is 40.5. The Balaban J connectivity index is 4.22. The molecular weight excluding hydrogens is 744 g/mol. The van der Waals surface area contributed by atoms with E-state index in [9.17, 15) is 19.4 Å². The number of phosphoric acid groups is 1. The third-order valence-electron chi connectivity index (χ3n) is 11.9. The Labute approximate surface area is 361 Å². The quantitative estimate of drug-likeness (QED) is 0.0320. The molecule has 0 saturated heterocycles. The fourth-order valence-corrected chi connectivity index (χ4v) is 8.55. The zero-order chi connectivity index (χ0) is 42.8. The molecule has 0 heterocycles. The maximum absolute atomic E-state index is 12.9. The minimum atomic E-state index is -4.31. The molecule has 0 aromatic rings. The van der Waals surface area contributed by atoms with E-state index in [0.29, 0.717) is 23.9 Å². The van der Waals surface area contributed by atoms with Crippen LogP contribution in [-0.2, 0) is 18.4 Å². The van der Waals surface area contributed by atoms with E-state index in [2.05, 4.69) is 19.2 Å². The van der Waals surface area contributed by atoms with Gasteiger partial charge < -0.3 is 19.8 Å². The van der Waals surface area contributed by atoms with Crippen molar-refractivity contribution in [2.24, 2.45) is 0 Å². The molecule has 3 N–H and O–H groups in total. The lowest BCUT2D eigenvalue weighted by atomic mass is 10.0. The van der Waals surface area contributed by atoms with Crippen molar-refractivity contribution >= 4 is 13.7 Å². The molecule has 0 aromatic heterocycles. The predicted molar refractivity (Wildman–Crippen MR) is 249 cm³/mol. The molecule has 0 fully saturated rings. The highest BCUT2D eigenvalue weighted by Gasteiger charge is 2.28. The second-order valence-electron chi connectivity index (χ2n) is 18.9. The Kier molecular flexibility index (Phi) is 41.5. The summed E-state index contributed by atoms with van der Waals surface area (Å²) in [5.74, 6) is -0.138. The summed E-state index contributed by atoms with van der Waals surface area (Å²) in [6, 6.07) is -0.753. The number of amides is 1. The van der Waals surface area contributed by atoms with Crippen molar-refractivity contribution in [1.29, 1.82) is 0 Å². The van der Waals surface area contributed by atoms with Gasteiger partial charge >= 0.3 is 7.82 Å². The minimum Gasteiger partial charge on any atom is -0.391 e. The van der Waals surface area contributed by atoms with Gasteiger partial charge in [-0.2, -0.15) is 0 Å². The number of phosphoric ester groups is 1. The lowest BCUT2D eigenvalue weighted by molar-refractivity contribution is -0.870. The van der Waals surface area contributed by atoms with Crippen LogP contribution < -0.4 is 5.32 Å². The molecule has 58 heavy (non-hydrogen) atoms. The second-order valence-corrected chi connectivity index (χ2v) is 20.4. The third kappa shape index (κ3) is 43.6. The number of hydrogen-bond donors (Lipinski definition) is 3. The van der Waals surface area contributed by atoms with Crippen LogP contribution in [0.3, 0.4) is 0 Å². The van der Waals surface area contributed by atoms with E-state index in [4.69, 9.17) is 9.05 Å². The van der Waals surface area contributed by atoms with Gasteiger partial charge in [-0.05, 0) is 12.8 Å². The van der Waals surface area contributed by atoms with Gasteiger partial charge in [-0.1, -0.05) is 239 Å². The van der Waals surface area contributed by atoms with Gasteiger partial charge in [0.1, 0.15) is 13.2 Å². The van der Waals surface area contributed by atoms with Crippen LogP contribution in [0.2, 0.25) is 0 Å². The van der Waals surface area contributed by atoms with E-state index < -0.39 is 20.0 Å². The largest absolute Gasteiger partial charge is 0.472 e. The van der Waals surface area contributed by atoms with Crippen molar-refractivity contribution in [1.82, 2.24) is 5.32 Å². The van der Waals surface area contributed by atoms with Crippen molar-refractivity contribution in [3.8, 4) is 0 Å². The van der Waals surface area contributed by atoms with Crippen molar-refractivity contribution in [3.05, 3.63) is 0 Å². The van der Waals surface area contributed by atoms with Gasteiger partial charge in [-0.25, -0.2) is 4.57 Å². The van der Waals surface area contributed by atoms with E-state index in [-0.39, 0.29) is 19.1 Å². The molecule has 0 bridgehead atoms. The summed E-state index contributed by atoms with van der Waals surface area (Å²) in [6.45, 7) is 4.93. The molecule has 3 atom stereocenters. The number of carbonyl (C=O) groups excluding carboxylic acids is 1. The van der Waals surface area contributed by atoms with Crippen molar-refractivity contribution in [2.75, 3.05) is 40.9 Å². The first-order chi connectivity index (χ1) is 28.0. The summed E-state index contributed by atoms with van der Waals surface area (Å²) in [6.07, 6.45) is 47.0. The van der Waals surface area contributed by atoms with E-state index >= 15 is 0 Å². The molecule has 8 nitrogen and oxygen atoms in total. The van der Waals surface area contributed by atoms with Crippen LogP contribution in [0.5, 0.6) is 0 Å². The maximum Gasteiger partial charge on any atom is 0.472 e. The molecular formula is C49H102N2O6P+. The molecule has 0 aliphatic rings. The number of nitrogens with one attached hydrogen (secondary N) is 1. The number of aliphatic hydroxyl groups is 1. The van der Waals surface area contributed by atoms with Crippen LogP contribution in [0.25, 0.3) is 0 Å². The van der Waals surface area contributed by atoms with E-state index in [1.165, 1.54) is 193 Å². The first-order valence-electron chi connectivity index (χ1n) is 25.4. The number of aliphatic hydroxyl groups excluding tert-OH is 1. The molecule has 0 aliphatic heterocycles. The highest BCUT2D eigenvalue weighted by Crippen LogP contribution is 2.43. The number of nitrogens with zero attached hydrogens (tertiary/aromatic N) is 1. The van der Waals surface area contributed by atoms with Crippen LogP contribution in [-0.4, -0.2) is 73.4 Å². The molecule has 0 aromatic carbocycles. The molecule has 1 amide bonds. The first kappa shape index (κ1) is 57.5. The summed E-state index contributed by atoms with van der Waals surface area (Å²) in [4.78, 5) is 23.2. The van der Waals surface area contributed by atoms with Crippen LogP contribution in [0.1, 0.15) is 258 Å². The Hall–Kier alpha value is -0.500. The maximum atomic E-state index is 12.9. The smallest absolute Gasteiger partial charge is 0.391 e. The Bertz CT molecular complexity index is 916. The number of quaternary nitrogens is 1. The lowest BCUT2D eigenvalue weighted by Crippen LogP contribution is -2.46. The van der Waals surface area contributed by atoms with Gasteiger partial charge in [-0.15, -0.1) is 0 Å². The van der Waals surface area contributed by atoms with Gasteiger partial charge in [0.25, 0.3) is 0 Å². The van der Waals surface area contributed by atoms with E-state index in [1.54, 1.807) is 0 Å². The summed E-state index contributed by atoms with van der Waals surface area (Å²) >= 11 is 0. The topological polar surface area (TPSA) is 105 Å². The summed E-state index contributed by atoms with van der Waals surface area (Å²) in [7, 11) is 1.63. The van der Waals surface area contributed by atoms with Gasteiger partial charge in [0.2, 0.25) is 5.91 Å². The Morgan fingerprint density at radius 3 is 1.16 bits per heavy atom. The molecule has 9 heteroatoms. The van der Waals surface area contributed by atoms with Crippen molar-refractivity contribution in [3.63, 3.8) is 0 Å².